The summed E-state index contributed by atoms with van der Waals surface area (Å²) in [5.41, 5.74) is 2.43. The summed E-state index contributed by atoms with van der Waals surface area (Å²) in [4.78, 5) is 2.39. The van der Waals surface area contributed by atoms with Crippen molar-refractivity contribution in [2.24, 2.45) is 0 Å². The number of hydrogen-bond acceptors (Lipinski definition) is 6. The van der Waals surface area contributed by atoms with Gasteiger partial charge < -0.3 is 23.7 Å². The highest BCUT2D eigenvalue weighted by Gasteiger charge is 2.57. The van der Waals surface area contributed by atoms with Crippen LogP contribution >= 0.6 is 0 Å². The second kappa shape index (κ2) is 10.00. The standard InChI is InChI=1S/C26H35NO5/c1-25(28-3)26(2,29-4)32-24-18-27(16-20-11-7-5-8-12-20)17-22(15-23(24)31-25)30-19-21-13-9-6-10-14-21/h5-14,22-24H,15-19H2,1-4H3/t22-,23+,24+,25-,26-/m0/s1. The van der Waals surface area contributed by atoms with Gasteiger partial charge in [0, 0.05) is 40.3 Å². The molecule has 0 radical (unpaired) electrons. The minimum absolute atomic E-state index is 0.00512. The molecule has 2 aliphatic rings. The molecular weight excluding hydrogens is 406 g/mol. The van der Waals surface area contributed by atoms with Crippen molar-refractivity contribution in [1.82, 2.24) is 4.90 Å². The van der Waals surface area contributed by atoms with Gasteiger partial charge in [-0.2, -0.15) is 0 Å². The van der Waals surface area contributed by atoms with Crippen LogP contribution in [0.25, 0.3) is 0 Å². The summed E-state index contributed by atoms with van der Waals surface area (Å²) in [7, 11) is 3.26. The molecule has 2 fully saturated rings. The van der Waals surface area contributed by atoms with Gasteiger partial charge in [-0.3, -0.25) is 4.90 Å². The number of rotatable bonds is 7. The van der Waals surface area contributed by atoms with E-state index in [1.807, 2.05) is 38.1 Å². The molecule has 0 aromatic heterocycles. The molecule has 4 rings (SSSR count). The van der Waals surface area contributed by atoms with E-state index in [0.717, 1.165) is 31.6 Å². The highest BCUT2D eigenvalue weighted by Crippen LogP contribution is 2.41. The van der Waals surface area contributed by atoms with Gasteiger partial charge in [-0.15, -0.1) is 0 Å². The predicted molar refractivity (Wildman–Crippen MR) is 122 cm³/mol. The highest BCUT2D eigenvalue weighted by atomic mass is 16.8. The van der Waals surface area contributed by atoms with Crippen molar-refractivity contribution in [3.05, 3.63) is 71.8 Å². The number of ether oxygens (including phenoxy) is 5. The average Bonchev–Trinajstić information content (AvgIpc) is 2.97. The third kappa shape index (κ3) is 5.06. The third-order valence-corrected chi connectivity index (χ3v) is 6.74. The minimum Gasteiger partial charge on any atom is -0.372 e. The van der Waals surface area contributed by atoms with Gasteiger partial charge in [0.1, 0.15) is 6.10 Å². The van der Waals surface area contributed by atoms with E-state index in [0.29, 0.717) is 6.61 Å². The van der Waals surface area contributed by atoms with E-state index >= 15 is 0 Å². The number of likely N-dealkylation sites (tertiary alicyclic amines) is 1. The maximum Gasteiger partial charge on any atom is 0.220 e. The van der Waals surface area contributed by atoms with Crippen LogP contribution in [0.15, 0.2) is 60.7 Å². The molecule has 2 saturated heterocycles. The number of benzene rings is 2. The zero-order valence-corrected chi connectivity index (χ0v) is 19.5. The first-order chi connectivity index (χ1) is 15.4. The molecular formula is C26H35NO5. The molecule has 6 heteroatoms. The molecule has 0 bridgehead atoms. The van der Waals surface area contributed by atoms with Crippen molar-refractivity contribution in [2.45, 2.75) is 63.3 Å². The quantitative estimate of drug-likeness (QED) is 0.648. The molecule has 0 aliphatic carbocycles. The van der Waals surface area contributed by atoms with E-state index in [1.54, 1.807) is 14.2 Å². The first-order valence-corrected chi connectivity index (χ1v) is 11.3. The van der Waals surface area contributed by atoms with Crippen molar-refractivity contribution in [1.29, 1.82) is 0 Å². The lowest BCUT2D eigenvalue weighted by molar-refractivity contribution is -0.448. The Morgan fingerprint density at radius 2 is 1.38 bits per heavy atom. The molecule has 5 atom stereocenters. The smallest absolute Gasteiger partial charge is 0.220 e. The monoisotopic (exact) mass is 441 g/mol. The Kier molecular flexibility index (Phi) is 7.30. The molecule has 32 heavy (non-hydrogen) atoms. The Morgan fingerprint density at radius 1 is 0.812 bits per heavy atom. The van der Waals surface area contributed by atoms with Crippen LogP contribution in [0.3, 0.4) is 0 Å². The lowest BCUT2D eigenvalue weighted by Gasteiger charge is -2.52. The molecule has 6 nitrogen and oxygen atoms in total. The van der Waals surface area contributed by atoms with Crippen LogP contribution in [0.1, 0.15) is 31.4 Å². The van der Waals surface area contributed by atoms with Gasteiger partial charge in [-0.25, -0.2) is 0 Å². The third-order valence-electron chi connectivity index (χ3n) is 6.74. The molecule has 0 spiro atoms. The molecule has 2 aromatic carbocycles. The second-order valence-corrected chi connectivity index (χ2v) is 8.95. The minimum atomic E-state index is -1.01. The van der Waals surface area contributed by atoms with Crippen LogP contribution in [0.2, 0.25) is 0 Å². The molecule has 174 valence electrons. The van der Waals surface area contributed by atoms with E-state index in [9.17, 15) is 0 Å². The van der Waals surface area contributed by atoms with Crippen LogP contribution in [-0.4, -0.2) is 62.1 Å². The Hall–Kier alpha value is -1.80. The Morgan fingerprint density at radius 3 is 1.97 bits per heavy atom. The maximum atomic E-state index is 6.52. The fourth-order valence-corrected chi connectivity index (χ4v) is 4.60. The van der Waals surface area contributed by atoms with E-state index in [1.165, 1.54) is 5.56 Å². The first-order valence-electron chi connectivity index (χ1n) is 11.3. The second-order valence-electron chi connectivity index (χ2n) is 8.95. The average molecular weight is 442 g/mol. The zero-order chi connectivity index (χ0) is 22.6. The van der Waals surface area contributed by atoms with Crippen LogP contribution in [-0.2, 0) is 36.8 Å². The van der Waals surface area contributed by atoms with Crippen molar-refractivity contribution >= 4 is 0 Å². The van der Waals surface area contributed by atoms with Gasteiger partial charge >= 0.3 is 0 Å². The molecule has 2 heterocycles. The van der Waals surface area contributed by atoms with E-state index in [-0.39, 0.29) is 18.3 Å². The zero-order valence-electron chi connectivity index (χ0n) is 19.5. The fraction of sp³-hybridized carbons (Fsp3) is 0.538. The first kappa shape index (κ1) is 23.4. The highest BCUT2D eigenvalue weighted by molar-refractivity contribution is 5.15. The molecule has 0 N–H and O–H groups in total. The summed E-state index contributed by atoms with van der Waals surface area (Å²) >= 11 is 0. The van der Waals surface area contributed by atoms with Gasteiger partial charge in [0.2, 0.25) is 11.6 Å². The summed E-state index contributed by atoms with van der Waals surface area (Å²) in [5, 5.41) is 0. The van der Waals surface area contributed by atoms with Crippen LogP contribution in [0.5, 0.6) is 0 Å². The van der Waals surface area contributed by atoms with Gasteiger partial charge in [0.15, 0.2) is 0 Å². The summed E-state index contributed by atoms with van der Waals surface area (Å²) in [6, 6.07) is 20.8. The lowest BCUT2D eigenvalue weighted by atomic mass is 10.0. The SMILES string of the molecule is CO[C@@]1(C)O[C@@H]2C[C@H](OCc3ccccc3)CN(Cc3ccccc3)C[C@H]2O[C@]1(C)OC. The largest absolute Gasteiger partial charge is 0.372 e. The maximum absolute atomic E-state index is 6.52. The molecule has 0 amide bonds. The van der Waals surface area contributed by atoms with Gasteiger partial charge in [-0.1, -0.05) is 60.7 Å². The summed E-state index contributed by atoms with van der Waals surface area (Å²) < 4.78 is 30.9. The van der Waals surface area contributed by atoms with Crippen molar-refractivity contribution < 1.29 is 23.7 Å². The summed E-state index contributed by atoms with van der Waals surface area (Å²) in [6.45, 7) is 6.67. The Bertz CT molecular complexity index is 850. The van der Waals surface area contributed by atoms with E-state index in [4.69, 9.17) is 23.7 Å². The molecule has 2 aromatic rings. The molecule has 0 unspecified atom stereocenters. The van der Waals surface area contributed by atoms with Crippen LogP contribution in [0, 0.1) is 0 Å². The topological polar surface area (TPSA) is 49.4 Å². The fourth-order valence-electron chi connectivity index (χ4n) is 4.60. The summed E-state index contributed by atoms with van der Waals surface area (Å²) in [6.07, 6.45) is 0.411. The van der Waals surface area contributed by atoms with Crippen molar-refractivity contribution in [3.63, 3.8) is 0 Å². The van der Waals surface area contributed by atoms with Crippen LogP contribution in [0.4, 0.5) is 0 Å². The number of fused-ring (bicyclic) bond motifs is 1. The molecule has 2 aliphatic heterocycles. The van der Waals surface area contributed by atoms with Gasteiger partial charge in [-0.05, 0) is 25.0 Å². The van der Waals surface area contributed by atoms with Crippen molar-refractivity contribution in [3.8, 4) is 0 Å². The number of methoxy groups -OCH3 is 2. The summed E-state index contributed by atoms with van der Waals surface area (Å²) in [5.74, 6) is -2.02. The van der Waals surface area contributed by atoms with E-state index < -0.39 is 11.6 Å². The number of hydrogen-bond donors (Lipinski definition) is 0. The van der Waals surface area contributed by atoms with Gasteiger partial charge in [0.25, 0.3) is 0 Å². The Balaban J connectivity index is 1.54. The van der Waals surface area contributed by atoms with Gasteiger partial charge in [0.05, 0.1) is 18.8 Å². The van der Waals surface area contributed by atoms with E-state index in [2.05, 4.69) is 41.3 Å². The lowest BCUT2D eigenvalue weighted by Crippen LogP contribution is -2.66. The molecule has 0 saturated carbocycles. The normalized spacial score (nSPS) is 33.4. The predicted octanol–water partition coefficient (Wildman–Crippen LogP) is 3.99. The van der Waals surface area contributed by atoms with Crippen LogP contribution < -0.4 is 0 Å². The number of nitrogens with zero attached hydrogens (tertiary/aromatic N) is 1. The Labute approximate surface area is 191 Å². The van der Waals surface area contributed by atoms with Crippen molar-refractivity contribution in [2.75, 3.05) is 27.3 Å².